The van der Waals surface area contributed by atoms with Crippen molar-refractivity contribution in [3.8, 4) is 0 Å². The summed E-state index contributed by atoms with van der Waals surface area (Å²) in [6, 6.07) is 35.5. The molecule has 0 bridgehead atoms. The van der Waals surface area contributed by atoms with Crippen LogP contribution in [-0.2, 0) is 0 Å². The standard InChI is InChI=1S/C26H22Si/c1-27(2)23-18-10-16-19-15-9-17-22(24(19)23)25(20-11-5-3-6-12-20)26(27)21-13-7-4-8-14-21/h3-18H,1-2H3. The van der Waals surface area contributed by atoms with Crippen molar-refractivity contribution in [2.45, 2.75) is 13.1 Å². The van der Waals surface area contributed by atoms with Gasteiger partial charge >= 0.3 is 0 Å². The average molecular weight is 363 g/mol. The second-order valence-corrected chi connectivity index (χ2v) is 12.1. The topological polar surface area (TPSA) is 0 Å². The van der Waals surface area contributed by atoms with Gasteiger partial charge < -0.3 is 0 Å². The third kappa shape index (κ3) is 2.43. The minimum Gasteiger partial charge on any atom is -0.0622 e. The molecule has 0 radical (unpaired) electrons. The van der Waals surface area contributed by atoms with Crippen molar-refractivity contribution in [2.75, 3.05) is 0 Å². The zero-order valence-electron chi connectivity index (χ0n) is 15.7. The van der Waals surface area contributed by atoms with E-state index in [1.807, 2.05) is 0 Å². The van der Waals surface area contributed by atoms with Crippen LogP contribution in [0.4, 0.5) is 0 Å². The molecular formula is C26H22Si. The maximum atomic E-state index is 2.50. The zero-order chi connectivity index (χ0) is 18.4. The van der Waals surface area contributed by atoms with Crippen LogP contribution in [-0.4, -0.2) is 8.07 Å². The van der Waals surface area contributed by atoms with Crippen molar-refractivity contribution in [3.05, 3.63) is 114 Å². The van der Waals surface area contributed by atoms with Crippen LogP contribution in [0, 0.1) is 0 Å². The predicted molar refractivity (Wildman–Crippen MR) is 120 cm³/mol. The normalized spacial score (nSPS) is 15.2. The van der Waals surface area contributed by atoms with Crippen molar-refractivity contribution in [1.29, 1.82) is 0 Å². The molecule has 5 rings (SSSR count). The van der Waals surface area contributed by atoms with Gasteiger partial charge in [0.1, 0.15) is 8.07 Å². The fraction of sp³-hybridized carbons (Fsp3) is 0.0769. The van der Waals surface area contributed by atoms with Gasteiger partial charge in [-0.2, -0.15) is 0 Å². The average Bonchev–Trinajstić information content (AvgIpc) is 2.71. The van der Waals surface area contributed by atoms with Gasteiger partial charge in [-0.05, 0) is 43.4 Å². The van der Waals surface area contributed by atoms with Gasteiger partial charge in [-0.15, -0.1) is 0 Å². The van der Waals surface area contributed by atoms with Crippen molar-refractivity contribution in [2.24, 2.45) is 0 Å². The van der Waals surface area contributed by atoms with Crippen LogP contribution in [0.15, 0.2) is 97.1 Å². The summed E-state index contributed by atoms with van der Waals surface area (Å²) in [6.07, 6.45) is 0. The van der Waals surface area contributed by atoms with E-state index >= 15 is 0 Å². The molecule has 4 aromatic carbocycles. The summed E-state index contributed by atoms with van der Waals surface area (Å²) >= 11 is 0. The molecule has 27 heavy (non-hydrogen) atoms. The van der Waals surface area contributed by atoms with E-state index in [1.54, 1.807) is 10.4 Å². The Morgan fingerprint density at radius 2 is 1.15 bits per heavy atom. The fourth-order valence-electron chi connectivity index (χ4n) is 4.67. The van der Waals surface area contributed by atoms with E-state index in [4.69, 9.17) is 0 Å². The van der Waals surface area contributed by atoms with Gasteiger partial charge in [0, 0.05) is 0 Å². The lowest BCUT2D eigenvalue weighted by Gasteiger charge is -2.36. The van der Waals surface area contributed by atoms with Crippen molar-refractivity contribution < 1.29 is 0 Å². The highest BCUT2D eigenvalue weighted by atomic mass is 28.3. The van der Waals surface area contributed by atoms with Gasteiger partial charge in [0.25, 0.3) is 0 Å². The van der Waals surface area contributed by atoms with E-state index in [9.17, 15) is 0 Å². The zero-order valence-corrected chi connectivity index (χ0v) is 16.7. The molecule has 0 fully saturated rings. The molecule has 4 aromatic rings. The number of benzene rings is 4. The van der Waals surface area contributed by atoms with E-state index in [2.05, 4.69) is 110 Å². The molecule has 0 atom stereocenters. The van der Waals surface area contributed by atoms with Gasteiger partial charge in [-0.25, -0.2) is 0 Å². The van der Waals surface area contributed by atoms with Gasteiger partial charge in [-0.1, -0.05) is 110 Å². The van der Waals surface area contributed by atoms with Crippen molar-refractivity contribution in [3.63, 3.8) is 0 Å². The first kappa shape index (κ1) is 16.3. The molecule has 0 spiro atoms. The largest absolute Gasteiger partial charge is 0.114 e. The molecule has 0 aromatic heterocycles. The third-order valence-electron chi connectivity index (χ3n) is 5.85. The highest BCUT2D eigenvalue weighted by Crippen LogP contribution is 2.44. The first-order valence-electron chi connectivity index (χ1n) is 9.56. The summed E-state index contributed by atoms with van der Waals surface area (Å²) in [5.74, 6) is 0. The van der Waals surface area contributed by atoms with Crippen LogP contribution in [0.2, 0.25) is 13.1 Å². The lowest BCUT2D eigenvalue weighted by molar-refractivity contribution is 1.54. The molecule has 1 heterocycles. The van der Waals surface area contributed by atoms with Crippen LogP contribution in [0.5, 0.6) is 0 Å². The summed E-state index contributed by atoms with van der Waals surface area (Å²) in [4.78, 5) is 0. The summed E-state index contributed by atoms with van der Waals surface area (Å²) < 4.78 is 0. The van der Waals surface area contributed by atoms with Gasteiger partial charge in [0.15, 0.2) is 0 Å². The van der Waals surface area contributed by atoms with Crippen LogP contribution in [0.3, 0.4) is 0 Å². The Bertz CT molecular complexity index is 1160. The van der Waals surface area contributed by atoms with Crippen LogP contribution < -0.4 is 5.19 Å². The van der Waals surface area contributed by atoms with E-state index in [1.165, 1.54) is 33.0 Å². The molecule has 0 amide bonds. The summed E-state index contributed by atoms with van der Waals surface area (Å²) in [7, 11) is -1.88. The second kappa shape index (κ2) is 6.07. The molecule has 0 saturated heterocycles. The van der Waals surface area contributed by atoms with Gasteiger partial charge in [0.05, 0.1) is 0 Å². The Morgan fingerprint density at radius 3 is 1.81 bits per heavy atom. The monoisotopic (exact) mass is 362 g/mol. The fourth-order valence-corrected chi connectivity index (χ4v) is 8.15. The quantitative estimate of drug-likeness (QED) is 0.369. The molecule has 0 unspecified atom stereocenters. The maximum Gasteiger partial charge on any atom is 0.114 e. The second-order valence-electron chi connectivity index (χ2n) is 7.82. The highest BCUT2D eigenvalue weighted by molar-refractivity contribution is 7.07. The molecule has 0 N–H and O–H groups in total. The minimum atomic E-state index is -1.88. The Hall–Kier alpha value is -2.90. The molecule has 130 valence electrons. The molecule has 1 aliphatic heterocycles. The Kier molecular flexibility index (Phi) is 3.66. The molecular weight excluding hydrogens is 340 g/mol. The number of hydrogen-bond donors (Lipinski definition) is 0. The molecule has 1 aliphatic rings. The lowest BCUT2D eigenvalue weighted by atomic mass is 9.91. The van der Waals surface area contributed by atoms with Crippen LogP contribution in [0.1, 0.15) is 16.7 Å². The molecule has 1 heteroatoms. The summed E-state index contributed by atoms with van der Waals surface area (Å²) in [5.41, 5.74) is 5.47. The van der Waals surface area contributed by atoms with Crippen molar-refractivity contribution in [1.82, 2.24) is 0 Å². The van der Waals surface area contributed by atoms with E-state index in [-0.39, 0.29) is 0 Å². The van der Waals surface area contributed by atoms with Crippen LogP contribution in [0.25, 0.3) is 21.5 Å². The smallest absolute Gasteiger partial charge is 0.0622 e. The Labute approximate surface area is 161 Å². The Balaban J connectivity index is 1.99. The summed E-state index contributed by atoms with van der Waals surface area (Å²) in [6.45, 7) is 5.01. The first-order chi connectivity index (χ1) is 13.2. The molecule has 0 nitrogen and oxygen atoms in total. The molecule has 0 aliphatic carbocycles. The predicted octanol–water partition coefficient (Wildman–Crippen LogP) is 6.27. The van der Waals surface area contributed by atoms with Crippen molar-refractivity contribution >= 4 is 34.8 Å². The first-order valence-corrected chi connectivity index (χ1v) is 12.6. The third-order valence-corrected chi connectivity index (χ3v) is 9.40. The van der Waals surface area contributed by atoms with Crippen LogP contribution >= 0.6 is 0 Å². The SMILES string of the molecule is C[Si]1(C)C(c2ccccc2)=C(c2ccccc2)c2cccc3cccc1c23. The van der Waals surface area contributed by atoms with E-state index in [0.29, 0.717) is 0 Å². The summed E-state index contributed by atoms with van der Waals surface area (Å²) in [5, 5.41) is 5.90. The van der Waals surface area contributed by atoms with Gasteiger partial charge in [0.2, 0.25) is 0 Å². The Morgan fingerprint density at radius 1 is 0.556 bits per heavy atom. The lowest BCUT2D eigenvalue weighted by Crippen LogP contribution is -2.46. The maximum absolute atomic E-state index is 2.50. The van der Waals surface area contributed by atoms with E-state index < -0.39 is 8.07 Å². The number of hydrogen-bond acceptors (Lipinski definition) is 0. The van der Waals surface area contributed by atoms with E-state index in [0.717, 1.165) is 0 Å². The van der Waals surface area contributed by atoms with Gasteiger partial charge in [-0.3, -0.25) is 0 Å². The number of rotatable bonds is 2. The minimum absolute atomic E-state index is 1.32. The molecule has 0 saturated carbocycles. The highest BCUT2D eigenvalue weighted by Gasteiger charge is 2.38.